The summed E-state index contributed by atoms with van der Waals surface area (Å²) in [5, 5.41) is 3.99. The summed E-state index contributed by atoms with van der Waals surface area (Å²) in [4.78, 5) is 4.31. The van der Waals surface area contributed by atoms with E-state index in [-0.39, 0.29) is 0 Å². The van der Waals surface area contributed by atoms with E-state index >= 15 is 0 Å². The van der Waals surface area contributed by atoms with Crippen molar-refractivity contribution < 1.29 is 9.15 Å². The van der Waals surface area contributed by atoms with Gasteiger partial charge in [0.15, 0.2) is 11.7 Å². The number of nitrogens with zero attached hydrogens (tertiary/aromatic N) is 1. The molecule has 0 saturated carbocycles. The number of rotatable bonds is 8. The van der Waals surface area contributed by atoms with Crippen molar-refractivity contribution in [1.29, 1.82) is 0 Å². The molecule has 4 nitrogen and oxygen atoms in total. The minimum Gasteiger partial charge on any atom is -0.441 e. The number of hydrogen-bond acceptors (Lipinski definition) is 4. The molecule has 0 atom stereocenters. The van der Waals surface area contributed by atoms with Crippen LogP contribution in [0.4, 0.5) is 0 Å². The van der Waals surface area contributed by atoms with Gasteiger partial charge < -0.3 is 14.5 Å². The molecule has 0 aliphatic rings. The van der Waals surface area contributed by atoms with Crippen LogP contribution in [0.5, 0.6) is 0 Å². The van der Waals surface area contributed by atoms with Crippen molar-refractivity contribution >= 4 is 11.6 Å². The van der Waals surface area contributed by atoms with E-state index in [1.54, 1.807) is 13.3 Å². The zero-order valence-electron chi connectivity index (χ0n) is 12.5. The SMILES string of the molecule is COCCNCCCc1ncc(-c2ccc(C)cc2Cl)o1. The molecule has 1 N–H and O–H groups in total. The third-order valence-electron chi connectivity index (χ3n) is 3.17. The Kier molecular flexibility index (Phi) is 6.23. The van der Waals surface area contributed by atoms with Crippen molar-refractivity contribution in [3.63, 3.8) is 0 Å². The van der Waals surface area contributed by atoms with Gasteiger partial charge in [-0.25, -0.2) is 4.98 Å². The van der Waals surface area contributed by atoms with Crippen LogP contribution in [0, 0.1) is 6.92 Å². The number of halogens is 1. The minimum absolute atomic E-state index is 0.693. The summed E-state index contributed by atoms with van der Waals surface area (Å²) in [5.74, 6) is 1.47. The van der Waals surface area contributed by atoms with Crippen LogP contribution >= 0.6 is 11.6 Å². The molecular formula is C16H21ClN2O2. The number of nitrogens with one attached hydrogen (secondary N) is 1. The Hall–Kier alpha value is -1.36. The maximum absolute atomic E-state index is 6.24. The Labute approximate surface area is 130 Å². The molecule has 21 heavy (non-hydrogen) atoms. The van der Waals surface area contributed by atoms with E-state index < -0.39 is 0 Å². The minimum atomic E-state index is 0.693. The highest BCUT2D eigenvalue weighted by Gasteiger charge is 2.09. The summed E-state index contributed by atoms with van der Waals surface area (Å²) >= 11 is 6.24. The zero-order chi connectivity index (χ0) is 15.1. The van der Waals surface area contributed by atoms with Crippen molar-refractivity contribution in [2.45, 2.75) is 19.8 Å². The summed E-state index contributed by atoms with van der Waals surface area (Å²) in [5.41, 5.74) is 2.02. The molecule has 1 heterocycles. The smallest absolute Gasteiger partial charge is 0.194 e. The van der Waals surface area contributed by atoms with Crippen LogP contribution in [0.3, 0.4) is 0 Å². The fraction of sp³-hybridized carbons (Fsp3) is 0.438. The van der Waals surface area contributed by atoms with Gasteiger partial charge in [0.25, 0.3) is 0 Å². The van der Waals surface area contributed by atoms with Gasteiger partial charge in [0.1, 0.15) is 0 Å². The lowest BCUT2D eigenvalue weighted by Gasteiger charge is -2.02. The van der Waals surface area contributed by atoms with Gasteiger partial charge in [0, 0.05) is 25.6 Å². The Morgan fingerprint density at radius 1 is 1.33 bits per heavy atom. The largest absolute Gasteiger partial charge is 0.441 e. The summed E-state index contributed by atoms with van der Waals surface area (Å²) in [6.07, 6.45) is 3.53. The van der Waals surface area contributed by atoms with E-state index in [4.69, 9.17) is 20.8 Å². The first-order valence-electron chi connectivity index (χ1n) is 7.11. The van der Waals surface area contributed by atoms with E-state index in [0.717, 1.165) is 55.3 Å². The van der Waals surface area contributed by atoms with Crippen LogP contribution < -0.4 is 5.32 Å². The van der Waals surface area contributed by atoms with Crippen molar-refractivity contribution in [3.05, 3.63) is 40.9 Å². The highest BCUT2D eigenvalue weighted by molar-refractivity contribution is 6.33. The highest BCUT2D eigenvalue weighted by Crippen LogP contribution is 2.29. The van der Waals surface area contributed by atoms with E-state index in [0.29, 0.717) is 5.02 Å². The molecule has 0 aliphatic heterocycles. The third-order valence-corrected chi connectivity index (χ3v) is 3.48. The second-order valence-corrected chi connectivity index (χ2v) is 5.36. The number of aryl methyl sites for hydroxylation is 2. The summed E-state index contributed by atoms with van der Waals surface area (Å²) < 4.78 is 10.7. The molecular weight excluding hydrogens is 288 g/mol. The quantitative estimate of drug-likeness (QED) is 0.759. The normalized spacial score (nSPS) is 11.0. The average Bonchev–Trinajstić information content (AvgIpc) is 2.91. The molecule has 0 bridgehead atoms. The van der Waals surface area contributed by atoms with Gasteiger partial charge in [-0.2, -0.15) is 0 Å². The van der Waals surface area contributed by atoms with E-state index in [2.05, 4.69) is 10.3 Å². The first-order valence-corrected chi connectivity index (χ1v) is 7.49. The molecule has 5 heteroatoms. The van der Waals surface area contributed by atoms with Gasteiger partial charge >= 0.3 is 0 Å². The van der Waals surface area contributed by atoms with E-state index in [1.165, 1.54) is 0 Å². The Balaban J connectivity index is 1.86. The number of methoxy groups -OCH3 is 1. The topological polar surface area (TPSA) is 47.3 Å². The average molecular weight is 309 g/mol. The van der Waals surface area contributed by atoms with E-state index in [1.807, 2.05) is 25.1 Å². The van der Waals surface area contributed by atoms with Gasteiger partial charge in [0.05, 0.1) is 17.8 Å². The second kappa shape index (κ2) is 8.17. The van der Waals surface area contributed by atoms with Gasteiger partial charge in [-0.1, -0.05) is 17.7 Å². The molecule has 0 amide bonds. The first kappa shape index (κ1) is 16.0. The number of aromatic nitrogens is 1. The van der Waals surface area contributed by atoms with Crippen molar-refractivity contribution in [2.75, 3.05) is 26.8 Å². The molecule has 1 aromatic heterocycles. The van der Waals surface area contributed by atoms with Gasteiger partial charge in [-0.3, -0.25) is 0 Å². The molecule has 0 fully saturated rings. The fourth-order valence-corrected chi connectivity index (χ4v) is 2.36. The highest BCUT2D eigenvalue weighted by atomic mass is 35.5. The van der Waals surface area contributed by atoms with Gasteiger partial charge in [-0.05, 0) is 37.6 Å². The Bertz CT molecular complexity index is 569. The predicted octanol–water partition coefficient (Wildman–Crippen LogP) is 3.47. The number of ether oxygens (including phenoxy) is 1. The lowest BCUT2D eigenvalue weighted by Crippen LogP contribution is -2.20. The standard InChI is InChI=1S/C16H21ClN2O2/c1-12-5-6-13(14(17)10-12)15-11-19-16(21-15)4-3-7-18-8-9-20-2/h5-6,10-11,18H,3-4,7-9H2,1-2H3. The molecule has 0 aliphatic carbocycles. The molecule has 1 aromatic carbocycles. The van der Waals surface area contributed by atoms with Crippen LogP contribution in [-0.4, -0.2) is 31.8 Å². The van der Waals surface area contributed by atoms with Crippen LogP contribution in [-0.2, 0) is 11.2 Å². The second-order valence-electron chi connectivity index (χ2n) is 4.95. The molecule has 114 valence electrons. The lowest BCUT2D eigenvalue weighted by atomic mass is 10.1. The monoisotopic (exact) mass is 308 g/mol. The molecule has 0 unspecified atom stereocenters. The van der Waals surface area contributed by atoms with Crippen LogP contribution in [0.2, 0.25) is 5.02 Å². The summed E-state index contributed by atoms with van der Waals surface area (Å²) in [7, 11) is 1.70. The van der Waals surface area contributed by atoms with Crippen molar-refractivity contribution in [2.24, 2.45) is 0 Å². The Morgan fingerprint density at radius 3 is 2.95 bits per heavy atom. The maximum Gasteiger partial charge on any atom is 0.194 e. The fourth-order valence-electron chi connectivity index (χ4n) is 2.03. The number of oxazole rings is 1. The maximum atomic E-state index is 6.24. The van der Waals surface area contributed by atoms with Crippen molar-refractivity contribution in [3.8, 4) is 11.3 Å². The Morgan fingerprint density at radius 2 is 2.19 bits per heavy atom. The molecule has 2 rings (SSSR count). The van der Waals surface area contributed by atoms with Crippen LogP contribution in [0.15, 0.2) is 28.8 Å². The van der Waals surface area contributed by atoms with Crippen LogP contribution in [0.1, 0.15) is 17.9 Å². The number of hydrogen-bond donors (Lipinski definition) is 1. The van der Waals surface area contributed by atoms with Gasteiger partial charge in [0.2, 0.25) is 0 Å². The van der Waals surface area contributed by atoms with E-state index in [9.17, 15) is 0 Å². The first-order chi connectivity index (χ1) is 10.2. The third kappa shape index (κ3) is 4.84. The van der Waals surface area contributed by atoms with Gasteiger partial charge in [-0.15, -0.1) is 0 Å². The number of benzene rings is 1. The molecule has 0 spiro atoms. The molecule has 0 radical (unpaired) electrons. The van der Waals surface area contributed by atoms with Crippen LogP contribution in [0.25, 0.3) is 11.3 Å². The molecule has 2 aromatic rings. The summed E-state index contributed by atoms with van der Waals surface area (Å²) in [6, 6.07) is 5.91. The zero-order valence-corrected chi connectivity index (χ0v) is 13.2. The predicted molar refractivity (Wildman–Crippen MR) is 84.8 cm³/mol. The molecule has 0 saturated heterocycles. The lowest BCUT2D eigenvalue weighted by molar-refractivity contribution is 0.199. The summed E-state index contributed by atoms with van der Waals surface area (Å²) in [6.45, 7) is 4.53. The van der Waals surface area contributed by atoms with Crippen molar-refractivity contribution in [1.82, 2.24) is 10.3 Å².